The van der Waals surface area contributed by atoms with Crippen LogP contribution in [0, 0.1) is 0 Å². The Balaban J connectivity index is 1.73. The number of aromatic nitrogens is 4. The second-order valence-electron chi connectivity index (χ2n) is 5.90. The van der Waals surface area contributed by atoms with Gasteiger partial charge in [-0.1, -0.05) is 24.3 Å². The van der Waals surface area contributed by atoms with Gasteiger partial charge in [-0.2, -0.15) is 5.10 Å². The second kappa shape index (κ2) is 6.75. The number of nitrogens with zero attached hydrogens (tertiary/aromatic N) is 4. The molecule has 0 aliphatic rings. The van der Waals surface area contributed by atoms with Gasteiger partial charge in [0, 0.05) is 0 Å². The van der Waals surface area contributed by atoms with Crippen molar-refractivity contribution in [3.05, 3.63) is 66.6 Å². The van der Waals surface area contributed by atoms with Crippen molar-refractivity contribution in [1.29, 1.82) is 0 Å². The molecule has 4 aromatic rings. The molecule has 0 unspecified atom stereocenters. The number of anilines is 2. The molecule has 27 heavy (non-hydrogen) atoms. The van der Waals surface area contributed by atoms with E-state index >= 15 is 0 Å². The quantitative estimate of drug-likeness (QED) is 0.468. The zero-order chi connectivity index (χ0) is 18.8. The van der Waals surface area contributed by atoms with Gasteiger partial charge in [-0.15, -0.1) is 0 Å². The molecule has 2 aromatic carbocycles. The number of fused-ring (bicyclic) bond motifs is 1. The summed E-state index contributed by atoms with van der Waals surface area (Å²) in [5, 5.41) is 27.2. The maximum Gasteiger partial charge on any atom is 0.307 e. The van der Waals surface area contributed by atoms with Crippen molar-refractivity contribution in [2.24, 2.45) is 0 Å². The maximum atomic E-state index is 10.9. The van der Waals surface area contributed by atoms with Crippen LogP contribution in [0.15, 0.2) is 61.1 Å². The Hall–Kier alpha value is -3.94. The Morgan fingerprint density at radius 2 is 1.93 bits per heavy atom. The SMILES string of the molecule is O=C(O)Cc1ccc(O)c(Nc2ncnc3c2cnn3-c2ccccc2)c1. The predicted molar refractivity (Wildman–Crippen MR) is 99.4 cm³/mol. The molecule has 2 heterocycles. The second-order valence-corrected chi connectivity index (χ2v) is 5.90. The van der Waals surface area contributed by atoms with Crippen molar-refractivity contribution >= 4 is 28.5 Å². The number of benzene rings is 2. The van der Waals surface area contributed by atoms with E-state index in [9.17, 15) is 9.90 Å². The van der Waals surface area contributed by atoms with Gasteiger partial charge < -0.3 is 15.5 Å². The van der Waals surface area contributed by atoms with Crippen LogP contribution in [-0.2, 0) is 11.2 Å². The van der Waals surface area contributed by atoms with E-state index < -0.39 is 5.97 Å². The first-order chi connectivity index (χ1) is 13.1. The van der Waals surface area contributed by atoms with Crippen molar-refractivity contribution in [1.82, 2.24) is 19.7 Å². The van der Waals surface area contributed by atoms with Gasteiger partial charge in [0.05, 0.1) is 29.4 Å². The van der Waals surface area contributed by atoms with Crippen molar-refractivity contribution in [2.45, 2.75) is 6.42 Å². The van der Waals surface area contributed by atoms with Crippen LogP contribution in [0.1, 0.15) is 5.56 Å². The lowest BCUT2D eigenvalue weighted by Gasteiger charge is -2.10. The van der Waals surface area contributed by atoms with Crippen molar-refractivity contribution in [3.8, 4) is 11.4 Å². The molecule has 2 aromatic heterocycles. The third kappa shape index (κ3) is 3.28. The normalized spacial score (nSPS) is 10.8. The molecule has 8 nitrogen and oxygen atoms in total. The highest BCUT2D eigenvalue weighted by atomic mass is 16.4. The molecule has 0 aliphatic heterocycles. The lowest BCUT2D eigenvalue weighted by Crippen LogP contribution is -2.02. The highest BCUT2D eigenvalue weighted by Crippen LogP contribution is 2.30. The van der Waals surface area contributed by atoms with Crippen LogP contribution in [-0.4, -0.2) is 35.9 Å². The first-order valence-corrected chi connectivity index (χ1v) is 8.16. The molecule has 0 aliphatic carbocycles. The average molecular weight is 361 g/mol. The third-order valence-corrected chi connectivity index (χ3v) is 4.04. The van der Waals surface area contributed by atoms with E-state index in [1.807, 2.05) is 30.3 Å². The highest BCUT2D eigenvalue weighted by molar-refractivity contribution is 5.89. The van der Waals surface area contributed by atoms with Crippen molar-refractivity contribution < 1.29 is 15.0 Å². The Labute approximate surface area is 153 Å². The summed E-state index contributed by atoms with van der Waals surface area (Å²) in [4.78, 5) is 19.5. The number of carboxylic acid groups (broad SMARTS) is 1. The van der Waals surface area contributed by atoms with E-state index in [2.05, 4.69) is 20.4 Å². The van der Waals surface area contributed by atoms with Gasteiger partial charge in [-0.25, -0.2) is 14.6 Å². The van der Waals surface area contributed by atoms with Gasteiger partial charge in [-0.3, -0.25) is 4.79 Å². The fourth-order valence-electron chi connectivity index (χ4n) is 2.80. The Bertz CT molecular complexity index is 1120. The molecule has 0 saturated carbocycles. The third-order valence-electron chi connectivity index (χ3n) is 4.04. The maximum absolute atomic E-state index is 10.9. The van der Waals surface area contributed by atoms with E-state index in [0.717, 1.165) is 5.69 Å². The molecule has 0 amide bonds. The fourth-order valence-corrected chi connectivity index (χ4v) is 2.80. The number of aliphatic carboxylic acids is 1. The molecule has 4 rings (SSSR count). The Morgan fingerprint density at radius 1 is 1.11 bits per heavy atom. The number of nitrogens with one attached hydrogen (secondary N) is 1. The summed E-state index contributed by atoms with van der Waals surface area (Å²) < 4.78 is 1.70. The molecule has 0 saturated heterocycles. The molecule has 0 radical (unpaired) electrons. The molecule has 3 N–H and O–H groups in total. The topological polar surface area (TPSA) is 113 Å². The summed E-state index contributed by atoms with van der Waals surface area (Å²) >= 11 is 0. The van der Waals surface area contributed by atoms with Crippen LogP contribution < -0.4 is 5.32 Å². The van der Waals surface area contributed by atoms with E-state index in [0.29, 0.717) is 28.1 Å². The smallest absolute Gasteiger partial charge is 0.307 e. The zero-order valence-corrected chi connectivity index (χ0v) is 14.1. The summed E-state index contributed by atoms with van der Waals surface area (Å²) in [5.41, 5.74) is 2.40. The summed E-state index contributed by atoms with van der Waals surface area (Å²) in [7, 11) is 0. The lowest BCUT2D eigenvalue weighted by molar-refractivity contribution is -0.136. The predicted octanol–water partition coefficient (Wildman–Crippen LogP) is 2.89. The molecule has 0 atom stereocenters. The monoisotopic (exact) mass is 361 g/mol. The van der Waals surface area contributed by atoms with Gasteiger partial charge in [0.2, 0.25) is 0 Å². The number of phenolic OH excluding ortho intramolecular Hbond substituents is 1. The number of hydrogen-bond acceptors (Lipinski definition) is 6. The van der Waals surface area contributed by atoms with Gasteiger partial charge in [0.15, 0.2) is 5.65 Å². The molecule has 0 bridgehead atoms. The van der Waals surface area contributed by atoms with Gasteiger partial charge in [-0.05, 0) is 29.8 Å². The lowest BCUT2D eigenvalue weighted by atomic mass is 10.1. The van der Waals surface area contributed by atoms with Crippen molar-refractivity contribution in [2.75, 3.05) is 5.32 Å². The molecule has 0 fully saturated rings. The minimum atomic E-state index is -0.944. The van der Waals surface area contributed by atoms with Crippen LogP contribution in [0.5, 0.6) is 5.75 Å². The molecule has 134 valence electrons. The van der Waals surface area contributed by atoms with E-state index in [-0.39, 0.29) is 12.2 Å². The van der Waals surface area contributed by atoms with Crippen molar-refractivity contribution in [3.63, 3.8) is 0 Å². The van der Waals surface area contributed by atoms with Crippen LogP contribution in [0.4, 0.5) is 11.5 Å². The Morgan fingerprint density at radius 3 is 2.70 bits per heavy atom. The first-order valence-electron chi connectivity index (χ1n) is 8.16. The number of phenols is 1. The first kappa shape index (κ1) is 16.5. The number of rotatable bonds is 5. The zero-order valence-electron chi connectivity index (χ0n) is 14.1. The summed E-state index contributed by atoms with van der Waals surface area (Å²) in [6.45, 7) is 0. The van der Waals surface area contributed by atoms with Gasteiger partial charge in [0.1, 0.15) is 17.9 Å². The minimum absolute atomic E-state index is 0.00801. The van der Waals surface area contributed by atoms with Crippen LogP contribution >= 0.6 is 0 Å². The standard InChI is InChI=1S/C19H15N5O3/c25-16-7-6-12(9-17(26)27)8-15(16)23-18-14-10-22-24(19(14)21-11-20-18)13-4-2-1-3-5-13/h1-8,10-11,25H,9H2,(H,26,27)(H,20,21,23). The number of para-hydroxylation sites is 1. The molecular weight excluding hydrogens is 346 g/mol. The summed E-state index contributed by atoms with van der Waals surface area (Å²) in [6.07, 6.45) is 2.91. The average Bonchev–Trinajstić information content (AvgIpc) is 3.10. The van der Waals surface area contributed by atoms with Gasteiger partial charge >= 0.3 is 5.97 Å². The summed E-state index contributed by atoms with van der Waals surface area (Å²) in [5.74, 6) is -0.489. The molecular formula is C19H15N5O3. The van der Waals surface area contributed by atoms with Crippen LogP contribution in [0.2, 0.25) is 0 Å². The number of carbonyl (C=O) groups is 1. The fraction of sp³-hybridized carbons (Fsp3) is 0.0526. The minimum Gasteiger partial charge on any atom is -0.506 e. The van der Waals surface area contributed by atoms with Crippen LogP contribution in [0.25, 0.3) is 16.7 Å². The highest BCUT2D eigenvalue weighted by Gasteiger charge is 2.13. The van der Waals surface area contributed by atoms with E-state index in [1.54, 1.807) is 23.0 Å². The number of hydrogen-bond donors (Lipinski definition) is 3. The van der Waals surface area contributed by atoms with Gasteiger partial charge in [0.25, 0.3) is 0 Å². The summed E-state index contributed by atoms with van der Waals surface area (Å²) in [6, 6.07) is 14.2. The number of aromatic hydroxyl groups is 1. The largest absolute Gasteiger partial charge is 0.506 e. The van der Waals surface area contributed by atoms with Crippen LogP contribution in [0.3, 0.4) is 0 Å². The Kier molecular flexibility index (Phi) is 4.13. The molecule has 0 spiro atoms. The van der Waals surface area contributed by atoms with E-state index in [1.165, 1.54) is 12.4 Å². The molecule has 8 heteroatoms. The number of carboxylic acids is 1. The van der Waals surface area contributed by atoms with E-state index in [4.69, 9.17) is 5.11 Å².